The molecule has 0 spiro atoms. The van der Waals surface area contributed by atoms with Crippen molar-refractivity contribution in [2.75, 3.05) is 25.5 Å². The Morgan fingerprint density at radius 3 is 2.95 bits per heavy atom. The second kappa shape index (κ2) is 7.64. The maximum absolute atomic E-state index is 12.2. The average Bonchev–Trinajstić information content (AvgIpc) is 3.04. The van der Waals surface area contributed by atoms with Gasteiger partial charge in [0.15, 0.2) is 0 Å². The lowest BCUT2D eigenvalue weighted by molar-refractivity contribution is -0.128. The third-order valence-electron chi connectivity index (χ3n) is 3.53. The monoisotopic (exact) mass is 326 g/mol. The second-order valence-electron chi connectivity index (χ2n) is 5.85. The molecule has 0 bridgehead atoms. The van der Waals surface area contributed by atoms with Gasteiger partial charge in [0.05, 0.1) is 5.92 Å². The van der Waals surface area contributed by atoms with E-state index in [4.69, 9.17) is 4.74 Å². The summed E-state index contributed by atoms with van der Waals surface area (Å²) in [6.07, 6.45) is 1.23. The number of methoxy groups -OCH3 is 1. The number of ether oxygens (including phenoxy) is 1. The highest BCUT2D eigenvalue weighted by Gasteiger charge is 2.34. The van der Waals surface area contributed by atoms with Gasteiger partial charge in [-0.05, 0) is 12.3 Å². The lowest BCUT2D eigenvalue weighted by Crippen LogP contribution is -2.29. The van der Waals surface area contributed by atoms with Crippen molar-refractivity contribution in [3.05, 3.63) is 5.01 Å². The average molecular weight is 326 g/mol. The summed E-state index contributed by atoms with van der Waals surface area (Å²) in [5, 5.41) is 11.7. The zero-order valence-electron chi connectivity index (χ0n) is 13.2. The summed E-state index contributed by atoms with van der Waals surface area (Å²) in [6.45, 7) is 5.83. The first kappa shape index (κ1) is 16.8. The van der Waals surface area contributed by atoms with Crippen molar-refractivity contribution < 1.29 is 14.3 Å². The highest BCUT2D eigenvalue weighted by atomic mass is 32.1. The highest BCUT2D eigenvalue weighted by molar-refractivity contribution is 7.15. The Morgan fingerprint density at radius 1 is 1.50 bits per heavy atom. The van der Waals surface area contributed by atoms with Gasteiger partial charge in [0.1, 0.15) is 11.6 Å². The Balaban J connectivity index is 1.86. The molecule has 2 amide bonds. The highest BCUT2D eigenvalue weighted by Crippen LogP contribution is 2.22. The van der Waals surface area contributed by atoms with Crippen LogP contribution in [0.4, 0.5) is 5.13 Å². The van der Waals surface area contributed by atoms with Crippen LogP contribution in [0.5, 0.6) is 0 Å². The SMILES string of the molecule is COCc1nnc(NC(=O)C2CC(=O)N(CCC(C)C)C2)s1. The van der Waals surface area contributed by atoms with E-state index >= 15 is 0 Å². The van der Waals surface area contributed by atoms with E-state index < -0.39 is 0 Å². The van der Waals surface area contributed by atoms with Crippen LogP contribution in [-0.2, 0) is 20.9 Å². The Bertz CT molecular complexity index is 532. The number of amides is 2. The van der Waals surface area contributed by atoms with Gasteiger partial charge < -0.3 is 15.0 Å². The molecule has 2 rings (SSSR count). The van der Waals surface area contributed by atoms with Crippen molar-refractivity contribution in [1.82, 2.24) is 15.1 Å². The first-order valence-corrected chi connectivity index (χ1v) is 8.21. The van der Waals surface area contributed by atoms with Gasteiger partial charge in [0, 0.05) is 26.6 Å². The molecule has 1 aromatic rings. The molecule has 1 fully saturated rings. The zero-order valence-corrected chi connectivity index (χ0v) is 14.0. The number of carbonyl (C=O) groups excluding carboxylic acids is 2. The maximum Gasteiger partial charge on any atom is 0.231 e. The number of carbonyl (C=O) groups is 2. The van der Waals surface area contributed by atoms with E-state index in [1.807, 2.05) is 0 Å². The maximum atomic E-state index is 12.2. The van der Waals surface area contributed by atoms with Crippen molar-refractivity contribution in [2.24, 2.45) is 11.8 Å². The van der Waals surface area contributed by atoms with Crippen LogP contribution in [0.2, 0.25) is 0 Å². The molecule has 0 radical (unpaired) electrons. The molecule has 7 nitrogen and oxygen atoms in total. The summed E-state index contributed by atoms with van der Waals surface area (Å²) in [5.74, 6) is 0.120. The number of hydrogen-bond acceptors (Lipinski definition) is 6. The third-order valence-corrected chi connectivity index (χ3v) is 4.34. The van der Waals surface area contributed by atoms with Gasteiger partial charge in [-0.1, -0.05) is 25.2 Å². The summed E-state index contributed by atoms with van der Waals surface area (Å²) in [4.78, 5) is 26.0. The van der Waals surface area contributed by atoms with E-state index in [9.17, 15) is 9.59 Å². The molecular formula is C14H22N4O3S. The number of nitrogens with one attached hydrogen (secondary N) is 1. The summed E-state index contributed by atoms with van der Waals surface area (Å²) in [7, 11) is 1.58. The van der Waals surface area contributed by atoms with E-state index in [1.54, 1.807) is 12.0 Å². The van der Waals surface area contributed by atoms with Gasteiger partial charge in [-0.25, -0.2) is 0 Å². The quantitative estimate of drug-likeness (QED) is 0.821. The number of likely N-dealkylation sites (tertiary alicyclic amines) is 1. The Kier molecular flexibility index (Phi) is 5.84. The van der Waals surface area contributed by atoms with Crippen LogP contribution < -0.4 is 5.32 Å². The molecule has 22 heavy (non-hydrogen) atoms. The van der Waals surface area contributed by atoms with Crippen molar-refractivity contribution in [3.8, 4) is 0 Å². The minimum Gasteiger partial charge on any atom is -0.377 e. The van der Waals surface area contributed by atoms with Crippen LogP contribution in [0.25, 0.3) is 0 Å². The topological polar surface area (TPSA) is 84.4 Å². The molecule has 1 aliphatic heterocycles. The van der Waals surface area contributed by atoms with Gasteiger partial charge in [-0.2, -0.15) is 0 Å². The Labute approximate surface area is 134 Å². The molecule has 122 valence electrons. The van der Waals surface area contributed by atoms with E-state index in [0.717, 1.165) is 13.0 Å². The van der Waals surface area contributed by atoms with Crippen molar-refractivity contribution in [1.29, 1.82) is 0 Å². The lowest BCUT2D eigenvalue weighted by atomic mass is 10.1. The van der Waals surface area contributed by atoms with Crippen LogP contribution in [0.3, 0.4) is 0 Å². The van der Waals surface area contributed by atoms with Crippen LogP contribution in [-0.4, -0.2) is 47.1 Å². The molecule has 1 unspecified atom stereocenters. The van der Waals surface area contributed by atoms with E-state index in [2.05, 4.69) is 29.4 Å². The fourth-order valence-corrected chi connectivity index (χ4v) is 2.99. The smallest absolute Gasteiger partial charge is 0.231 e. The largest absolute Gasteiger partial charge is 0.377 e. The predicted molar refractivity (Wildman–Crippen MR) is 83.4 cm³/mol. The first-order chi connectivity index (χ1) is 10.5. The van der Waals surface area contributed by atoms with Crippen LogP contribution >= 0.6 is 11.3 Å². The summed E-state index contributed by atoms with van der Waals surface area (Å²) >= 11 is 1.28. The molecular weight excluding hydrogens is 304 g/mol. The number of anilines is 1. The fraction of sp³-hybridized carbons (Fsp3) is 0.714. The summed E-state index contributed by atoms with van der Waals surface area (Å²) in [6, 6.07) is 0. The predicted octanol–water partition coefficient (Wildman–Crippen LogP) is 1.52. The minimum atomic E-state index is -0.311. The Hall–Kier alpha value is -1.54. The second-order valence-corrected chi connectivity index (χ2v) is 6.91. The van der Waals surface area contributed by atoms with E-state index in [0.29, 0.717) is 29.2 Å². The van der Waals surface area contributed by atoms with Crippen molar-refractivity contribution in [2.45, 2.75) is 33.3 Å². The molecule has 8 heteroatoms. The van der Waals surface area contributed by atoms with Crippen LogP contribution in [0.1, 0.15) is 31.7 Å². The molecule has 1 atom stereocenters. The number of hydrogen-bond donors (Lipinski definition) is 1. The van der Waals surface area contributed by atoms with Gasteiger partial charge in [0.25, 0.3) is 0 Å². The summed E-state index contributed by atoms with van der Waals surface area (Å²) in [5.41, 5.74) is 0. The zero-order chi connectivity index (χ0) is 16.1. The van der Waals surface area contributed by atoms with E-state index in [1.165, 1.54) is 11.3 Å². The molecule has 1 N–H and O–H groups in total. The van der Waals surface area contributed by atoms with E-state index in [-0.39, 0.29) is 24.2 Å². The van der Waals surface area contributed by atoms with Gasteiger partial charge in [-0.3, -0.25) is 9.59 Å². The normalized spacial score (nSPS) is 18.3. The Morgan fingerprint density at radius 2 is 2.27 bits per heavy atom. The molecule has 2 heterocycles. The fourth-order valence-electron chi connectivity index (χ4n) is 2.27. The number of nitrogens with zero attached hydrogens (tertiary/aromatic N) is 3. The standard InChI is InChI=1S/C14H22N4O3S/c1-9(2)4-5-18-7-10(6-12(18)19)13(20)15-14-17-16-11(22-14)8-21-3/h9-10H,4-8H2,1-3H3,(H,15,17,20). The number of aromatic nitrogens is 2. The van der Waals surface area contributed by atoms with Gasteiger partial charge in [-0.15, -0.1) is 10.2 Å². The van der Waals surface area contributed by atoms with Crippen LogP contribution in [0, 0.1) is 11.8 Å². The van der Waals surface area contributed by atoms with Crippen molar-refractivity contribution in [3.63, 3.8) is 0 Å². The minimum absolute atomic E-state index is 0.0538. The molecule has 0 aromatic carbocycles. The van der Waals surface area contributed by atoms with Gasteiger partial charge in [0.2, 0.25) is 16.9 Å². The third kappa shape index (κ3) is 4.48. The molecule has 1 aliphatic rings. The van der Waals surface area contributed by atoms with Crippen LogP contribution in [0.15, 0.2) is 0 Å². The number of rotatable bonds is 7. The van der Waals surface area contributed by atoms with Gasteiger partial charge >= 0.3 is 0 Å². The molecule has 1 aromatic heterocycles. The molecule has 0 aliphatic carbocycles. The first-order valence-electron chi connectivity index (χ1n) is 7.39. The van der Waals surface area contributed by atoms with Crippen molar-refractivity contribution >= 4 is 28.3 Å². The molecule has 1 saturated heterocycles. The summed E-state index contributed by atoms with van der Waals surface area (Å²) < 4.78 is 4.96. The lowest BCUT2D eigenvalue weighted by Gasteiger charge is -2.17. The molecule has 0 saturated carbocycles.